The average molecular weight is 426 g/mol. The third-order valence-corrected chi connectivity index (χ3v) is 6.30. The molecule has 1 rings (SSSR count). The Morgan fingerprint density at radius 2 is 1.72 bits per heavy atom. The number of halogens is 3. The molecule has 0 amide bonds. The van der Waals surface area contributed by atoms with Crippen LogP contribution in [0.4, 0.5) is 0 Å². The summed E-state index contributed by atoms with van der Waals surface area (Å²) in [6.45, 7) is 0. The van der Waals surface area contributed by atoms with Crippen molar-refractivity contribution >= 4 is 51.3 Å². The molecule has 1 N–H and O–H groups in total. The quantitative estimate of drug-likeness (QED) is 0.211. The molecular weight excluding hydrogens is 403 g/mol. The molecule has 0 heterocycles. The minimum atomic E-state index is -2.54. The number of carbonyl (C=O) groups is 1. The maximum absolute atomic E-state index is 11.5. The van der Waals surface area contributed by atoms with Crippen molar-refractivity contribution in [3.63, 3.8) is 0 Å². The van der Waals surface area contributed by atoms with Gasteiger partial charge >= 0.3 is 12.0 Å². The Morgan fingerprint density at radius 1 is 1.08 bits per heavy atom. The molecule has 0 radical (unpaired) electrons. The summed E-state index contributed by atoms with van der Waals surface area (Å²) in [6.07, 6.45) is 5.65. The van der Waals surface area contributed by atoms with Gasteiger partial charge < -0.3 is 14.6 Å². The molecule has 0 spiro atoms. The smallest absolute Gasteiger partial charge is 0.341 e. The number of ether oxygens (including phenoxy) is 2. The molecule has 0 unspecified atom stereocenters. The predicted octanol–water partition coefficient (Wildman–Crippen LogP) is 5.78. The molecular formula is C17H23Cl3O4Si. The zero-order chi connectivity index (χ0) is 18.9. The van der Waals surface area contributed by atoms with Crippen LogP contribution in [0.1, 0.15) is 37.7 Å². The fourth-order valence-electron chi connectivity index (χ4n) is 2.38. The molecule has 1 aromatic carbocycles. The summed E-state index contributed by atoms with van der Waals surface area (Å²) in [4.78, 5) is 11.5. The van der Waals surface area contributed by atoms with Crippen molar-refractivity contribution in [3.05, 3.63) is 29.3 Å². The summed E-state index contributed by atoms with van der Waals surface area (Å²) >= 11 is 17.5. The highest BCUT2D eigenvalue weighted by molar-refractivity contribution is 7.64. The van der Waals surface area contributed by atoms with Crippen molar-refractivity contribution in [2.24, 2.45) is 0 Å². The Kier molecular flexibility index (Phi) is 9.72. The first kappa shape index (κ1) is 22.2. The van der Waals surface area contributed by atoms with Gasteiger partial charge in [0.05, 0.1) is 14.2 Å². The lowest BCUT2D eigenvalue weighted by Gasteiger charge is -2.09. The number of carboxylic acid groups (broad SMARTS) is 1. The molecule has 0 aliphatic heterocycles. The van der Waals surface area contributed by atoms with E-state index in [9.17, 15) is 9.90 Å². The van der Waals surface area contributed by atoms with Crippen molar-refractivity contribution < 1.29 is 19.4 Å². The second-order valence-corrected chi connectivity index (χ2v) is 14.9. The normalized spacial score (nSPS) is 12.1. The molecule has 4 nitrogen and oxygen atoms in total. The number of benzene rings is 1. The van der Waals surface area contributed by atoms with Crippen molar-refractivity contribution in [1.29, 1.82) is 0 Å². The van der Waals surface area contributed by atoms with Gasteiger partial charge in [0.1, 0.15) is 0 Å². The molecule has 0 fully saturated rings. The van der Waals surface area contributed by atoms with E-state index in [1.807, 2.05) is 0 Å². The van der Waals surface area contributed by atoms with E-state index in [0.29, 0.717) is 29.5 Å². The molecule has 8 heteroatoms. The molecule has 0 aliphatic rings. The highest BCUT2D eigenvalue weighted by Gasteiger charge is 2.23. The number of hydrogen-bond donors (Lipinski definition) is 1. The van der Waals surface area contributed by atoms with Gasteiger partial charge in [-0.2, -0.15) is 0 Å². The minimum absolute atomic E-state index is 0.364. The number of unbranched alkanes of at least 4 members (excludes halogenated alkanes) is 3. The predicted molar refractivity (Wildman–Crippen MR) is 106 cm³/mol. The van der Waals surface area contributed by atoms with E-state index < -0.39 is 12.0 Å². The zero-order valence-electron chi connectivity index (χ0n) is 14.4. The summed E-state index contributed by atoms with van der Waals surface area (Å²) in [5.41, 5.74) is 1.13. The topological polar surface area (TPSA) is 55.8 Å². The van der Waals surface area contributed by atoms with Crippen molar-refractivity contribution in [2.45, 2.75) is 38.1 Å². The zero-order valence-corrected chi connectivity index (χ0v) is 17.6. The lowest BCUT2D eigenvalue weighted by Crippen LogP contribution is -2.07. The molecule has 0 saturated heterocycles. The van der Waals surface area contributed by atoms with Gasteiger partial charge in [-0.05, 0) is 42.7 Å². The molecule has 0 aromatic heterocycles. The summed E-state index contributed by atoms with van der Waals surface area (Å²) < 4.78 is 10.4. The SMILES string of the molecule is COc1ccc(/C=C(\CCCCCC[Si](Cl)(Cl)Cl)C(=O)O)cc1OC. The Morgan fingerprint density at radius 3 is 2.28 bits per heavy atom. The van der Waals surface area contributed by atoms with Gasteiger partial charge in [0.25, 0.3) is 0 Å². The third-order valence-electron chi connectivity index (χ3n) is 3.68. The van der Waals surface area contributed by atoms with Gasteiger partial charge in [-0.1, -0.05) is 25.3 Å². The number of aliphatic carboxylic acids is 1. The van der Waals surface area contributed by atoms with E-state index in [0.717, 1.165) is 31.2 Å². The van der Waals surface area contributed by atoms with Gasteiger partial charge in [-0.25, -0.2) is 4.79 Å². The standard InChI is InChI=1S/C17H23Cl3O4Si/c1-23-15-9-8-13(12-16(15)24-2)11-14(17(21)22)7-5-3-4-6-10-25(18,19)20/h8-9,11-12H,3-7,10H2,1-2H3,(H,21,22)/b14-11+. The van der Waals surface area contributed by atoms with E-state index in [4.69, 9.17) is 42.7 Å². The largest absolute Gasteiger partial charge is 0.493 e. The first-order valence-electron chi connectivity index (χ1n) is 7.99. The van der Waals surface area contributed by atoms with Gasteiger partial charge in [0.2, 0.25) is 0 Å². The number of rotatable bonds is 11. The summed E-state index contributed by atoms with van der Waals surface area (Å²) in [6, 6.07) is 3.42. The fraction of sp³-hybridized carbons (Fsp3) is 0.471. The van der Waals surface area contributed by atoms with Crippen LogP contribution in [-0.2, 0) is 4.79 Å². The summed E-state index contributed by atoms with van der Waals surface area (Å²) in [7, 11) is 3.10. The third kappa shape index (κ3) is 8.86. The van der Waals surface area contributed by atoms with Gasteiger partial charge in [-0.15, -0.1) is 33.2 Å². The summed E-state index contributed by atoms with van der Waals surface area (Å²) in [5.74, 6) is 0.259. The van der Waals surface area contributed by atoms with Gasteiger partial charge in [0.15, 0.2) is 11.5 Å². The van der Waals surface area contributed by atoms with Crippen molar-refractivity contribution in [1.82, 2.24) is 0 Å². The van der Waals surface area contributed by atoms with Crippen LogP contribution in [0, 0.1) is 0 Å². The van der Waals surface area contributed by atoms with Gasteiger partial charge in [0, 0.05) is 5.57 Å². The summed E-state index contributed by atoms with van der Waals surface area (Å²) in [5, 5.41) is 9.40. The second kappa shape index (κ2) is 11.0. The fourth-order valence-corrected chi connectivity index (χ4v) is 4.23. The van der Waals surface area contributed by atoms with E-state index in [2.05, 4.69) is 0 Å². The van der Waals surface area contributed by atoms with Crippen LogP contribution in [0.5, 0.6) is 11.5 Å². The Hall–Kier alpha value is -0.883. The molecule has 0 bridgehead atoms. The van der Waals surface area contributed by atoms with Crippen LogP contribution in [0.15, 0.2) is 23.8 Å². The molecule has 140 valence electrons. The number of hydrogen-bond acceptors (Lipinski definition) is 3. The van der Waals surface area contributed by atoms with E-state index in [-0.39, 0.29) is 0 Å². The lowest BCUT2D eigenvalue weighted by molar-refractivity contribution is -0.132. The maximum atomic E-state index is 11.5. The van der Waals surface area contributed by atoms with Crippen LogP contribution >= 0.6 is 33.2 Å². The first-order valence-corrected chi connectivity index (χ1v) is 13.2. The first-order chi connectivity index (χ1) is 11.8. The lowest BCUT2D eigenvalue weighted by atomic mass is 10.0. The van der Waals surface area contributed by atoms with Crippen LogP contribution in [0.25, 0.3) is 6.08 Å². The minimum Gasteiger partial charge on any atom is -0.493 e. The highest BCUT2D eigenvalue weighted by Crippen LogP contribution is 2.29. The van der Waals surface area contributed by atoms with Crippen LogP contribution in [0.2, 0.25) is 6.04 Å². The molecule has 25 heavy (non-hydrogen) atoms. The Bertz CT molecular complexity index is 600. The average Bonchev–Trinajstić information content (AvgIpc) is 2.55. The van der Waals surface area contributed by atoms with Crippen LogP contribution in [0.3, 0.4) is 0 Å². The Balaban J connectivity index is 2.62. The van der Waals surface area contributed by atoms with Crippen LogP contribution in [-0.4, -0.2) is 31.3 Å². The van der Waals surface area contributed by atoms with Gasteiger partial charge in [-0.3, -0.25) is 0 Å². The van der Waals surface area contributed by atoms with Crippen molar-refractivity contribution in [3.8, 4) is 11.5 Å². The van der Waals surface area contributed by atoms with Crippen molar-refractivity contribution in [2.75, 3.05) is 14.2 Å². The monoisotopic (exact) mass is 424 g/mol. The number of methoxy groups -OCH3 is 2. The number of carboxylic acids is 1. The highest BCUT2D eigenvalue weighted by atomic mass is 35.8. The van der Waals surface area contributed by atoms with E-state index in [1.165, 1.54) is 0 Å². The molecule has 1 aromatic rings. The van der Waals surface area contributed by atoms with E-state index in [1.54, 1.807) is 38.5 Å². The molecule has 0 atom stereocenters. The second-order valence-electron chi connectivity index (χ2n) is 5.62. The maximum Gasteiger partial charge on any atom is 0.341 e. The molecule has 0 aliphatic carbocycles. The molecule has 0 saturated carbocycles. The van der Waals surface area contributed by atoms with Crippen LogP contribution < -0.4 is 9.47 Å². The van der Waals surface area contributed by atoms with E-state index >= 15 is 0 Å². The Labute approximate surface area is 163 Å².